The molecule has 188 valence electrons. The fraction of sp³-hybridized carbons (Fsp3) is 0.520. The van der Waals surface area contributed by atoms with Gasteiger partial charge in [-0.1, -0.05) is 6.07 Å². The molecule has 3 heterocycles. The number of likely N-dealkylation sites (N-methyl/N-ethyl adjacent to an activating group) is 1. The van der Waals surface area contributed by atoms with Crippen molar-refractivity contribution in [1.82, 2.24) is 14.8 Å². The second-order valence-electron chi connectivity index (χ2n) is 9.56. The summed E-state index contributed by atoms with van der Waals surface area (Å²) in [5.41, 5.74) is 6.45. The molecule has 0 aliphatic carbocycles. The lowest BCUT2D eigenvalue weighted by molar-refractivity contribution is -0.493. The molecule has 10 heteroatoms. The average molecular weight is 502 g/mol. The Hall–Kier alpha value is -2.85. The number of likely N-dealkylation sites (tertiary alicyclic amines) is 1. The fourth-order valence-electron chi connectivity index (χ4n) is 4.39. The standard InChI is InChI=1S/C25H33FN6O2S/c1-16(2)29-23(28-15-27)24-30-22-18-6-5-17(13-19(18)34-12-7-20(22)35-24)25(26)8-10-32(11-9-25)14-21(33)31(3)4/h5-6,13,15-16H,7-12,14H2,1-4H3,(H2,27,28,29)/p+1. The molecule has 0 saturated carbocycles. The van der Waals surface area contributed by atoms with Gasteiger partial charge >= 0.3 is 5.84 Å². The summed E-state index contributed by atoms with van der Waals surface area (Å²) in [7, 11) is 3.48. The summed E-state index contributed by atoms with van der Waals surface area (Å²) < 4.78 is 22.1. The number of thiazole rings is 1. The second kappa shape index (κ2) is 10.4. The number of benzene rings is 1. The van der Waals surface area contributed by atoms with Crippen LogP contribution in [0.25, 0.3) is 11.3 Å². The predicted octanol–water partition coefficient (Wildman–Crippen LogP) is 1.32. The number of fused-ring (bicyclic) bond motifs is 3. The third kappa shape index (κ3) is 5.54. The van der Waals surface area contributed by atoms with Gasteiger partial charge in [-0.25, -0.2) is 9.37 Å². The number of hydrogen-bond acceptors (Lipinski definition) is 5. The number of carbonyl (C=O) groups is 1. The number of rotatable bonds is 5. The van der Waals surface area contributed by atoms with Crippen LogP contribution in [-0.2, 0) is 16.9 Å². The summed E-state index contributed by atoms with van der Waals surface area (Å²) in [6.45, 7) is 5.97. The van der Waals surface area contributed by atoms with Gasteiger partial charge in [0.15, 0.2) is 0 Å². The summed E-state index contributed by atoms with van der Waals surface area (Å²) >= 11 is 1.57. The molecule has 1 fully saturated rings. The first kappa shape index (κ1) is 25.2. The SMILES string of the molecule is CC(C)[NH+]=C(N=CN)c1nc2c(s1)CCOc1cc(C3(F)CCN(CC(=O)N(C)C)CC3)ccc1-2. The number of alkyl halides is 1. The molecule has 2 aliphatic rings. The molecule has 8 nitrogen and oxygen atoms in total. The lowest BCUT2D eigenvalue weighted by Gasteiger charge is -2.37. The van der Waals surface area contributed by atoms with Gasteiger partial charge in [-0.15, -0.1) is 11.3 Å². The van der Waals surface area contributed by atoms with Gasteiger partial charge in [0, 0.05) is 44.0 Å². The molecular weight excluding hydrogens is 467 g/mol. The van der Waals surface area contributed by atoms with E-state index in [4.69, 9.17) is 15.5 Å². The molecule has 3 N–H and O–H groups in total. The first-order valence-corrected chi connectivity index (χ1v) is 12.8. The van der Waals surface area contributed by atoms with E-state index in [-0.39, 0.29) is 11.9 Å². The van der Waals surface area contributed by atoms with Gasteiger partial charge in [0.25, 0.3) is 0 Å². The number of nitrogens with two attached hydrogens (primary N) is 1. The topological polar surface area (TPSA) is 98.0 Å². The highest BCUT2D eigenvalue weighted by Crippen LogP contribution is 2.43. The molecule has 0 atom stereocenters. The van der Waals surface area contributed by atoms with Gasteiger partial charge in [0.1, 0.15) is 11.4 Å². The van der Waals surface area contributed by atoms with Crippen molar-refractivity contribution < 1.29 is 18.9 Å². The molecule has 2 aliphatic heterocycles. The molecule has 0 spiro atoms. The Morgan fingerprint density at radius 2 is 2.14 bits per heavy atom. The average Bonchev–Trinajstić information content (AvgIpc) is 3.16. The van der Waals surface area contributed by atoms with Gasteiger partial charge in [0.2, 0.25) is 17.3 Å². The van der Waals surface area contributed by atoms with Crippen molar-refractivity contribution in [2.24, 2.45) is 10.7 Å². The number of hydrogen-bond donors (Lipinski definition) is 2. The molecule has 0 bridgehead atoms. The van der Waals surface area contributed by atoms with Crippen LogP contribution in [0.5, 0.6) is 5.75 Å². The van der Waals surface area contributed by atoms with E-state index in [0.29, 0.717) is 62.7 Å². The molecule has 4 rings (SSSR count). The summed E-state index contributed by atoms with van der Waals surface area (Å²) in [6, 6.07) is 5.79. The number of nitrogens with one attached hydrogen (secondary N) is 1. The van der Waals surface area contributed by atoms with Crippen LogP contribution in [0.15, 0.2) is 23.2 Å². The first-order valence-electron chi connectivity index (χ1n) is 12.0. The molecule has 1 aromatic carbocycles. The van der Waals surface area contributed by atoms with Crippen LogP contribution >= 0.6 is 11.3 Å². The fourth-order valence-corrected chi connectivity index (χ4v) is 5.41. The van der Waals surface area contributed by atoms with Crippen molar-refractivity contribution in [1.29, 1.82) is 0 Å². The lowest BCUT2D eigenvalue weighted by atomic mass is 9.85. The Labute approximate surface area is 209 Å². The minimum Gasteiger partial charge on any atom is -0.492 e. The van der Waals surface area contributed by atoms with E-state index in [1.807, 2.05) is 36.9 Å². The van der Waals surface area contributed by atoms with E-state index in [1.165, 1.54) is 6.34 Å². The zero-order valence-corrected chi connectivity index (χ0v) is 21.6. The van der Waals surface area contributed by atoms with Gasteiger partial charge in [-0.3, -0.25) is 14.7 Å². The number of halogens is 1. The van der Waals surface area contributed by atoms with Crippen LogP contribution < -0.4 is 15.5 Å². The molecule has 2 aromatic rings. The van der Waals surface area contributed by atoms with Crippen LogP contribution in [0.3, 0.4) is 0 Å². The highest BCUT2D eigenvalue weighted by molar-refractivity contribution is 7.14. The van der Waals surface area contributed by atoms with Crippen LogP contribution in [0.2, 0.25) is 0 Å². The van der Waals surface area contributed by atoms with Crippen molar-refractivity contribution in [3.05, 3.63) is 33.6 Å². The largest absolute Gasteiger partial charge is 0.492 e. The Morgan fingerprint density at radius 1 is 1.40 bits per heavy atom. The summed E-state index contributed by atoms with van der Waals surface area (Å²) in [6.07, 6.45) is 2.67. The molecule has 35 heavy (non-hydrogen) atoms. The van der Waals surface area contributed by atoms with Gasteiger partial charge in [0.05, 0.1) is 24.9 Å². The number of aromatic nitrogens is 1. The molecular formula is C25H34FN6O2S+. The van der Waals surface area contributed by atoms with Crippen LogP contribution in [0.1, 0.15) is 42.1 Å². The number of amidine groups is 1. The molecule has 1 saturated heterocycles. The van der Waals surface area contributed by atoms with E-state index in [2.05, 4.69) is 9.98 Å². The number of carbonyl (C=O) groups excluding carboxylic acids is 1. The number of piperidine rings is 1. The lowest BCUT2D eigenvalue weighted by Crippen LogP contribution is -2.77. The van der Waals surface area contributed by atoms with Crippen molar-refractivity contribution in [3.8, 4) is 17.0 Å². The Bertz CT molecular complexity index is 1130. The minimum atomic E-state index is -1.45. The van der Waals surface area contributed by atoms with Crippen molar-refractivity contribution in [3.63, 3.8) is 0 Å². The zero-order valence-electron chi connectivity index (χ0n) is 20.8. The van der Waals surface area contributed by atoms with Crippen molar-refractivity contribution >= 4 is 29.4 Å². The van der Waals surface area contributed by atoms with Crippen molar-refractivity contribution in [2.75, 3.05) is 40.3 Å². The summed E-state index contributed by atoms with van der Waals surface area (Å²) in [5, 5.41) is 0.768. The molecule has 1 amide bonds. The quantitative estimate of drug-likeness (QED) is 0.476. The van der Waals surface area contributed by atoms with E-state index in [9.17, 15) is 4.79 Å². The number of aliphatic imine (C=N–C) groups is 1. The van der Waals surface area contributed by atoms with Crippen LogP contribution in [-0.4, -0.2) is 79.2 Å². The number of nitrogens with zero attached hydrogens (tertiary/aromatic N) is 4. The van der Waals surface area contributed by atoms with E-state index >= 15 is 4.39 Å². The summed E-state index contributed by atoms with van der Waals surface area (Å²) in [5.74, 6) is 1.33. The van der Waals surface area contributed by atoms with Gasteiger partial charge < -0.3 is 15.4 Å². The molecule has 0 unspecified atom stereocenters. The van der Waals surface area contributed by atoms with Crippen molar-refractivity contribution in [2.45, 2.75) is 44.8 Å². The Balaban J connectivity index is 1.58. The molecule has 1 aromatic heterocycles. The smallest absolute Gasteiger partial charge is 0.354 e. The maximum Gasteiger partial charge on any atom is 0.354 e. The number of ether oxygens (including phenoxy) is 1. The van der Waals surface area contributed by atoms with E-state index in [0.717, 1.165) is 21.1 Å². The Morgan fingerprint density at radius 3 is 2.80 bits per heavy atom. The normalized spacial score (nSPS) is 18.2. The Kier molecular flexibility index (Phi) is 7.51. The van der Waals surface area contributed by atoms with E-state index < -0.39 is 5.67 Å². The maximum absolute atomic E-state index is 16.0. The van der Waals surface area contributed by atoms with Crippen LogP contribution in [0, 0.1) is 0 Å². The highest BCUT2D eigenvalue weighted by Gasteiger charge is 2.38. The predicted molar refractivity (Wildman–Crippen MR) is 137 cm³/mol. The second-order valence-corrected chi connectivity index (χ2v) is 10.6. The first-order chi connectivity index (χ1) is 16.7. The van der Waals surface area contributed by atoms with Crippen LogP contribution in [0.4, 0.5) is 4.39 Å². The highest BCUT2D eigenvalue weighted by atomic mass is 32.1. The van der Waals surface area contributed by atoms with Gasteiger partial charge in [-0.05, 0) is 49.4 Å². The third-order valence-corrected chi connectivity index (χ3v) is 7.50. The molecule has 0 radical (unpaired) electrons. The monoisotopic (exact) mass is 501 g/mol. The maximum atomic E-state index is 16.0. The summed E-state index contributed by atoms with van der Waals surface area (Å²) in [4.78, 5) is 29.2. The minimum absolute atomic E-state index is 0.0365. The third-order valence-electron chi connectivity index (χ3n) is 6.38. The van der Waals surface area contributed by atoms with Gasteiger partial charge in [-0.2, -0.15) is 0 Å². The number of amides is 1. The van der Waals surface area contributed by atoms with E-state index in [1.54, 1.807) is 30.3 Å². The zero-order chi connectivity index (χ0) is 25.2.